The van der Waals surface area contributed by atoms with E-state index >= 15 is 0 Å². The van der Waals surface area contributed by atoms with Crippen molar-refractivity contribution in [3.8, 4) is 0 Å². The van der Waals surface area contributed by atoms with Crippen LogP contribution in [0.3, 0.4) is 0 Å². The highest BCUT2D eigenvalue weighted by molar-refractivity contribution is 7.99. The fraction of sp³-hybridized carbons (Fsp3) is 1.00. The largest absolute Gasteiger partial charge is 0.522 e. The summed E-state index contributed by atoms with van der Waals surface area (Å²) in [6.45, 7) is 3.68. The first-order chi connectivity index (χ1) is 7.58. The summed E-state index contributed by atoms with van der Waals surface area (Å²) < 4.78 is 38.4. The lowest BCUT2D eigenvalue weighted by molar-refractivity contribution is -0.323. The number of hydrogen-bond donors (Lipinski definition) is 1. The molecule has 1 heterocycles. The Hall–Kier alpha value is 0.0200. The van der Waals surface area contributed by atoms with Gasteiger partial charge in [0, 0.05) is 44.2 Å². The molecule has 0 atom stereocenters. The van der Waals surface area contributed by atoms with Gasteiger partial charge in [0.05, 0.1) is 6.61 Å². The SMILES string of the molecule is FC(F)(F)OCCNCCN1CCSCC1. The van der Waals surface area contributed by atoms with Gasteiger partial charge in [-0.15, -0.1) is 13.2 Å². The van der Waals surface area contributed by atoms with Gasteiger partial charge in [-0.25, -0.2) is 0 Å². The van der Waals surface area contributed by atoms with E-state index in [4.69, 9.17) is 0 Å². The summed E-state index contributed by atoms with van der Waals surface area (Å²) in [5.41, 5.74) is 0. The zero-order chi connectivity index (χ0) is 11.9. The molecule has 0 saturated carbocycles. The lowest BCUT2D eigenvalue weighted by Crippen LogP contribution is -2.38. The van der Waals surface area contributed by atoms with Crippen LogP contribution in [0.25, 0.3) is 0 Å². The Kier molecular flexibility index (Phi) is 6.48. The van der Waals surface area contributed by atoms with E-state index in [1.54, 1.807) is 0 Å². The van der Waals surface area contributed by atoms with Crippen molar-refractivity contribution < 1.29 is 17.9 Å². The van der Waals surface area contributed by atoms with Crippen LogP contribution in [0.1, 0.15) is 0 Å². The molecule has 1 fully saturated rings. The Morgan fingerprint density at radius 1 is 1.19 bits per heavy atom. The van der Waals surface area contributed by atoms with E-state index < -0.39 is 6.36 Å². The predicted octanol–water partition coefficient (Wildman–Crippen LogP) is 1.16. The molecule has 3 nitrogen and oxygen atoms in total. The highest BCUT2D eigenvalue weighted by Gasteiger charge is 2.28. The maximum absolute atomic E-state index is 11.6. The second-order valence-corrected chi connectivity index (χ2v) is 4.72. The van der Waals surface area contributed by atoms with Gasteiger partial charge >= 0.3 is 6.36 Å². The van der Waals surface area contributed by atoms with Gasteiger partial charge in [0.2, 0.25) is 0 Å². The minimum atomic E-state index is -4.51. The van der Waals surface area contributed by atoms with Crippen LogP contribution in [0.4, 0.5) is 13.2 Å². The highest BCUT2D eigenvalue weighted by atomic mass is 32.2. The lowest BCUT2D eigenvalue weighted by Gasteiger charge is -2.26. The summed E-state index contributed by atoms with van der Waals surface area (Å²) >= 11 is 1.94. The molecule has 16 heavy (non-hydrogen) atoms. The van der Waals surface area contributed by atoms with Gasteiger partial charge in [-0.3, -0.25) is 4.74 Å². The number of nitrogens with one attached hydrogen (secondary N) is 1. The Balaban J connectivity index is 1.87. The van der Waals surface area contributed by atoms with Gasteiger partial charge < -0.3 is 10.2 Å². The van der Waals surface area contributed by atoms with E-state index in [1.165, 1.54) is 0 Å². The fourth-order valence-electron chi connectivity index (χ4n) is 1.43. The summed E-state index contributed by atoms with van der Waals surface area (Å²) in [5.74, 6) is 2.30. The molecule has 0 aromatic carbocycles. The van der Waals surface area contributed by atoms with Crippen molar-refractivity contribution >= 4 is 11.8 Å². The summed E-state index contributed by atoms with van der Waals surface area (Å²) in [7, 11) is 0. The van der Waals surface area contributed by atoms with E-state index in [2.05, 4.69) is 15.0 Å². The third-order valence-corrected chi connectivity index (χ3v) is 3.20. The molecule has 1 aliphatic heterocycles. The molecule has 0 spiro atoms. The maximum Gasteiger partial charge on any atom is 0.522 e. The maximum atomic E-state index is 11.6. The van der Waals surface area contributed by atoms with Crippen LogP contribution >= 0.6 is 11.8 Å². The summed E-state index contributed by atoms with van der Waals surface area (Å²) in [5, 5.41) is 2.93. The van der Waals surface area contributed by atoms with Crippen molar-refractivity contribution in [2.75, 3.05) is 50.8 Å². The van der Waals surface area contributed by atoms with Crippen LogP contribution in [-0.2, 0) is 4.74 Å². The number of halogens is 3. The quantitative estimate of drug-likeness (QED) is 0.723. The fourth-order valence-corrected chi connectivity index (χ4v) is 2.40. The molecule has 0 aliphatic carbocycles. The van der Waals surface area contributed by atoms with Gasteiger partial charge in [0.15, 0.2) is 0 Å². The van der Waals surface area contributed by atoms with Crippen molar-refractivity contribution in [2.24, 2.45) is 0 Å². The van der Waals surface area contributed by atoms with Gasteiger partial charge in [0.1, 0.15) is 0 Å². The predicted molar refractivity (Wildman–Crippen MR) is 58.6 cm³/mol. The molecule has 0 unspecified atom stereocenters. The first-order valence-electron chi connectivity index (χ1n) is 5.29. The molecule has 0 aromatic rings. The molecule has 1 N–H and O–H groups in total. The molecule has 1 rings (SSSR count). The van der Waals surface area contributed by atoms with Gasteiger partial charge in [0.25, 0.3) is 0 Å². The molecule has 1 saturated heterocycles. The minimum Gasteiger partial charge on any atom is -0.313 e. The number of hydrogen-bond acceptors (Lipinski definition) is 4. The number of nitrogens with zero attached hydrogens (tertiary/aromatic N) is 1. The molecule has 0 aromatic heterocycles. The topological polar surface area (TPSA) is 24.5 Å². The number of ether oxygens (including phenoxy) is 1. The van der Waals surface area contributed by atoms with E-state index in [9.17, 15) is 13.2 Å². The van der Waals surface area contributed by atoms with Crippen molar-refractivity contribution in [1.82, 2.24) is 10.2 Å². The first-order valence-corrected chi connectivity index (χ1v) is 6.45. The Morgan fingerprint density at radius 2 is 1.88 bits per heavy atom. The second-order valence-electron chi connectivity index (χ2n) is 3.50. The van der Waals surface area contributed by atoms with Crippen molar-refractivity contribution in [1.29, 1.82) is 0 Å². The third kappa shape index (κ3) is 7.32. The molecular formula is C9H17F3N2OS. The third-order valence-electron chi connectivity index (χ3n) is 2.25. The average molecular weight is 258 g/mol. The smallest absolute Gasteiger partial charge is 0.313 e. The van der Waals surface area contributed by atoms with Crippen molar-refractivity contribution in [2.45, 2.75) is 6.36 Å². The zero-order valence-corrected chi connectivity index (χ0v) is 9.87. The zero-order valence-electron chi connectivity index (χ0n) is 9.05. The van der Waals surface area contributed by atoms with Gasteiger partial charge in [-0.1, -0.05) is 0 Å². The molecule has 96 valence electrons. The number of rotatable bonds is 6. The average Bonchev–Trinajstić information content (AvgIpc) is 2.23. The van der Waals surface area contributed by atoms with E-state index in [0.29, 0.717) is 6.54 Å². The van der Waals surface area contributed by atoms with Crippen LogP contribution in [0, 0.1) is 0 Å². The van der Waals surface area contributed by atoms with Gasteiger partial charge in [-0.05, 0) is 0 Å². The standard InChI is InChI=1S/C9H17F3N2OS/c10-9(11,12)15-6-2-13-1-3-14-4-7-16-8-5-14/h13H,1-8H2. The molecule has 7 heteroatoms. The monoisotopic (exact) mass is 258 g/mol. The number of alkyl halides is 3. The van der Waals surface area contributed by atoms with Crippen molar-refractivity contribution in [3.63, 3.8) is 0 Å². The summed E-state index contributed by atoms with van der Waals surface area (Å²) in [6.07, 6.45) is -4.51. The molecule has 0 radical (unpaired) electrons. The summed E-state index contributed by atoms with van der Waals surface area (Å²) in [6, 6.07) is 0. The van der Waals surface area contributed by atoms with Crippen LogP contribution in [-0.4, -0.2) is 62.1 Å². The van der Waals surface area contributed by atoms with E-state index in [0.717, 1.165) is 31.1 Å². The molecule has 1 aliphatic rings. The highest BCUT2D eigenvalue weighted by Crippen LogP contribution is 2.15. The number of thioether (sulfide) groups is 1. The Morgan fingerprint density at radius 3 is 2.50 bits per heavy atom. The summed E-state index contributed by atoms with van der Waals surface area (Å²) in [4.78, 5) is 2.31. The Labute approximate surface area is 97.7 Å². The van der Waals surface area contributed by atoms with E-state index in [-0.39, 0.29) is 13.2 Å². The lowest BCUT2D eigenvalue weighted by atomic mass is 10.4. The van der Waals surface area contributed by atoms with Crippen LogP contribution in [0.2, 0.25) is 0 Å². The second kappa shape index (κ2) is 7.37. The van der Waals surface area contributed by atoms with Crippen LogP contribution in [0.15, 0.2) is 0 Å². The Bertz CT molecular complexity index is 186. The molecule has 0 amide bonds. The first kappa shape index (κ1) is 14.1. The van der Waals surface area contributed by atoms with Crippen molar-refractivity contribution in [3.05, 3.63) is 0 Å². The minimum absolute atomic E-state index is 0.238. The normalized spacial score (nSPS) is 18.9. The van der Waals surface area contributed by atoms with Crippen LogP contribution in [0.5, 0.6) is 0 Å². The molecule has 0 bridgehead atoms. The van der Waals surface area contributed by atoms with Gasteiger partial charge in [-0.2, -0.15) is 11.8 Å². The van der Waals surface area contributed by atoms with Crippen LogP contribution < -0.4 is 5.32 Å². The molecular weight excluding hydrogens is 241 g/mol. The van der Waals surface area contributed by atoms with E-state index in [1.807, 2.05) is 11.8 Å².